The molecule has 2 amide bonds. The number of carbonyl (C=O) groups excluding carboxylic acids is 2. The van der Waals surface area contributed by atoms with Crippen LogP contribution in [0.5, 0.6) is 0 Å². The molecule has 1 unspecified atom stereocenters. The van der Waals surface area contributed by atoms with Gasteiger partial charge in [0.2, 0.25) is 5.91 Å². The normalized spacial score (nSPS) is 21.9. The van der Waals surface area contributed by atoms with Crippen molar-refractivity contribution in [2.75, 3.05) is 32.7 Å². The highest BCUT2D eigenvalue weighted by molar-refractivity contribution is 5.97. The van der Waals surface area contributed by atoms with E-state index in [1.54, 1.807) is 10.9 Å². The van der Waals surface area contributed by atoms with Crippen LogP contribution in [0.15, 0.2) is 42.7 Å². The molecule has 31 heavy (non-hydrogen) atoms. The number of rotatable bonds is 2. The van der Waals surface area contributed by atoms with Crippen LogP contribution >= 0.6 is 0 Å². The van der Waals surface area contributed by atoms with Gasteiger partial charge < -0.3 is 10.2 Å². The van der Waals surface area contributed by atoms with Gasteiger partial charge in [0.25, 0.3) is 5.91 Å². The fourth-order valence-electron chi connectivity index (χ4n) is 4.74. The standard InChI is InChI=1S/C24H33N5O2/c30-23-19-20-9-3-5-14-27(20)16-8-17-28(15-6-4-12-25-23)24(31)21-10-1-2-11-22(21)29-18-7-13-26-29/h1-2,7,10-11,13,18,20H,3-6,8-9,12,14-17,19H2,(H,25,30). The fraction of sp³-hybridized carbons (Fsp3) is 0.542. The highest BCUT2D eigenvalue weighted by Gasteiger charge is 2.26. The first kappa shape index (κ1) is 21.6. The molecule has 7 heteroatoms. The average molecular weight is 424 g/mol. The number of carbonyl (C=O) groups is 2. The number of para-hydroxylation sites is 1. The van der Waals surface area contributed by atoms with E-state index in [1.165, 1.54) is 12.8 Å². The first-order chi connectivity index (χ1) is 15.2. The second-order valence-electron chi connectivity index (χ2n) is 8.56. The van der Waals surface area contributed by atoms with Crippen LogP contribution in [0.1, 0.15) is 55.3 Å². The highest BCUT2D eigenvalue weighted by Crippen LogP contribution is 2.21. The maximum Gasteiger partial charge on any atom is 0.256 e. The summed E-state index contributed by atoms with van der Waals surface area (Å²) >= 11 is 0. The van der Waals surface area contributed by atoms with Gasteiger partial charge in [-0.2, -0.15) is 5.10 Å². The minimum absolute atomic E-state index is 0.0557. The zero-order valence-corrected chi connectivity index (χ0v) is 18.2. The molecule has 2 aliphatic heterocycles. The van der Waals surface area contributed by atoms with Crippen LogP contribution in [0.2, 0.25) is 0 Å². The van der Waals surface area contributed by atoms with Gasteiger partial charge in [-0.25, -0.2) is 4.68 Å². The SMILES string of the molecule is O=C1CC2CCCCN2CCCN(C(=O)c2ccccc2-n2cccn2)CCCCN1. The summed E-state index contributed by atoms with van der Waals surface area (Å²) in [5.41, 5.74) is 1.49. The molecule has 4 rings (SSSR count). The zero-order chi connectivity index (χ0) is 21.5. The van der Waals surface area contributed by atoms with Crippen molar-refractivity contribution in [2.24, 2.45) is 0 Å². The van der Waals surface area contributed by atoms with Crippen LogP contribution < -0.4 is 5.32 Å². The van der Waals surface area contributed by atoms with Crippen molar-refractivity contribution >= 4 is 11.8 Å². The first-order valence-electron chi connectivity index (χ1n) is 11.6. The first-order valence-corrected chi connectivity index (χ1v) is 11.6. The van der Waals surface area contributed by atoms with Gasteiger partial charge in [0.1, 0.15) is 0 Å². The summed E-state index contributed by atoms with van der Waals surface area (Å²) < 4.78 is 1.75. The topological polar surface area (TPSA) is 70.5 Å². The second kappa shape index (κ2) is 10.6. The maximum atomic E-state index is 13.5. The lowest BCUT2D eigenvalue weighted by Gasteiger charge is -2.35. The molecule has 1 aromatic heterocycles. The van der Waals surface area contributed by atoms with Crippen molar-refractivity contribution < 1.29 is 9.59 Å². The predicted octanol–water partition coefficient (Wildman–Crippen LogP) is 2.86. The molecule has 0 saturated carbocycles. The number of benzene rings is 1. The lowest BCUT2D eigenvalue weighted by molar-refractivity contribution is -0.122. The number of amides is 2. The fourth-order valence-corrected chi connectivity index (χ4v) is 4.74. The molecule has 7 nitrogen and oxygen atoms in total. The van der Waals surface area contributed by atoms with Gasteiger partial charge in [-0.05, 0) is 56.8 Å². The Morgan fingerprint density at radius 2 is 1.77 bits per heavy atom. The largest absolute Gasteiger partial charge is 0.356 e. The van der Waals surface area contributed by atoms with Crippen LogP contribution in [0.4, 0.5) is 0 Å². The van der Waals surface area contributed by atoms with Crippen LogP contribution in [-0.2, 0) is 4.79 Å². The molecule has 1 N–H and O–H groups in total. The molecular formula is C24H33N5O2. The third-order valence-corrected chi connectivity index (χ3v) is 6.39. The van der Waals surface area contributed by atoms with E-state index in [1.807, 2.05) is 41.4 Å². The molecule has 2 saturated heterocycles. The van der Waals surface area contributed by atoms with E-state index in [4.69, 9.17) is 0 Å². The molecule has 0 bridgehead atoms. The Morgan fingerprint density at radius 3 is 2.65 bits per heavy atom. The molecular weight excluding hydrogens is 390 g/mol. The highest BCUT2D eigenvalue weighted by atomic mass is 16.2. The summed E-state index contributed by atoms with van der Waals surface area (Å²) in [5, 5.41) is 7.40. The van der Waals surface area contributed by atoms with E-state index in [2.05, 4.69) is 15.3 Å². The second-order valence-corrected chi connectivity index (χ2v) is 8.56. The third-order valence-electron chi connectivity index (χ3n) is 6.39. The Bertz CT molecular complexity index is 867. The number of nitrogens with one attached hydrogen (secondary N) is 1. The van der Waals surface area contributed by atoms with Crippen LogP contribution in [0.3, 0.4) is 0 Å². The van der Waals surface area contributed by atoms with E-state index < -0.39 is 0 Å². The van der Waals surface area contributed by atoms with Gasteiger partial charge in [-0.3, -0.25) is 14.5 Å². The molecule has 2 aromatic rings. The molecule has 1 atom stereocenters. The van der Waals surface area contributed by atoms with Crippen molar-refractivity contribution in [3.05, 3.63) is 48.3 Å². The summed E-state index contributed by atoms with van der Waals surface area (Å²) in [7, 11) is 0. The molecule has 3 heterocycles. The minimum atomic E-state index is 0.0557. The van der Waals surface area contributed by atoms with Crippen LogP contribution in [-0.4, -0.2) is 70.2 Å². The van der Waals surface area contributed by atoms with Crippen molar-refractivity contribution in [3.63, 3.8) is 0 Å². The number of nitrogens with zero attached hydrogens (tertiary/aromatic N) is 4. The lowest BCUT2D eigenvalue weighted by Crippen LogP contribution is -2.44. The zero-order valence-electron chi connectivity index (χ0n) is 18.2. The average Bonchev–Trinajstić information content (AvgIpc) is 3.33. The van der Waals surface area contributed by atoms with E-state index in [-0.39, 0.29) is 11.8 Å². The lowest BCUT2D eigenvalue weighted by atomic mass is 9.98. The Kier molecular flexibility index (Phi) is 7.35. The molecule has 0 spiro atoms. The number of hydrogen-bond acceptors (Lipinski definition) is 4. The van der Waals surface area contributed by atoms with Gasteiger partial charge in [-0.1, -0.05) is 18.6 Å². The third kappa shape index (κ3) is 5.53. The number of aromatic nitrogens is 2. The van der Waals surface area contributed by atoms with E-state index in [0.29, 0.717) is 31.1 Å². The number of hydrogen-bond donors (Lipinski definition) is 1. The molecule has 2 fully saturated rings. The molecule has 0 radical (unpaired) electrons. The molecule has 166 valence electrons. The molecule has 0 aliphatic carbocycles. The smallest absolute Gasteiger partial charge is 0.256 e. The van der Waals surface area contributed by atoms with Crippen LogP contribution in [0.25, 0.3) is 5.69 Å². The quantitative estimate of drug-likeness (QED) is 0.806. The summed E-state index contributed by atoms with van der Waals surface area (Å²) in [6, 6.07) is 9.88. The monoisotopic (exact) mass is 423 g/mol. The van der Waals surface area contributed by atoms with E-state index >= 15 is 0 Å². The molecule has 2 aliphatic rings. The van der Waals surface area contributed by atoms with Gasteiger partial charge in [0.05, 0.1) is 11.3 Å². The van der Waals surface area contributed by atoms with Crippen molar-refractivity contribution in [1.29, 1.82) is 0 Å². The molecule has 1 aromatic carbocycles. The van der Waals surface area contributed by atoms with Gasteiger partial charge >= 0.3 is 0 Å². The van der Waals surface area contributed by atoms with Gasteiger partial charge in [0, 0.05) is 51.0 Å². The summed E-state index contributed by atoms with van der Waals surface area (Å²) in [5.74, 6) is 0.220. The number of piperidine rings is 1. The van der Waals surface area contributed by atoms with E-state index in [0.717, 1.165) is 51.0 Å². The van der Waals surface area contributed by atoms with Crippen molar-refractivity contribution in [2.45, 2.75) is 51.0 Å². The Balaban J connectivity index is 1.50. The number of fused-ring (bicyclic) bond motifs is 1. The minimum Gasteiger partial charge on any atom is -0.356 e. The summed E-state index contributed by atoms with van der Waals surface area (Å²) in [6.07, 6.45) is 10.4. The van der Waals surface area contributed by atoms with Gasteiger partial charge in [-0.15, -0.1) is 0 Å². The predicted molar refractivity (Wildman–Crippen MR) is 120 cm³/mol. The maximum absolute atomic E-state index is 13.5. The summed E-state index contributed by atoms with van der Waals surface area (Å²) in [6.45, 7) is 4.09. The Hall–Kier alpha value is -2.67. The van der Waals surface area contributed by atoms with Crippen molar-refractivity contribution in [1.82, 2.24) is 24.9 Å². The Labute approximate surface area is 184 Å². The van der Waals surface area contributed by atoms with Crippen LogP contribution in [0, 0.1) is 0 Å². The van der Waals surface area contributed by atoms with Crippen molar-refractivity contribution in [3.8, 4) is 5.69 Å². The van der Waals surface area contributed by atoms with E-state index in [9.17, 15) is 9.59 Å². The summed E-state index contributed by atoms with van der Waals surface area (Å²) in [4.78, 5) is 30.3. The van der Waals surface area contributed by atoms with Gasteiger partial charge in [0.15, 0.2) is 0 Å². The Morgan fingerprint density at radius 1 is 0.968 bits per heavy atom.